The zero-order chi connectivity index (χ0) is 11.9. The van der Waals surface area contributed by atoms with Crippen LogP contribution < -0.4 is 0 Å². The number of benzene rings is 2. The first-order valence-corrected chi connectivity index (χ1v) is 6.22. The van der Waals surface area contributed by atoms with Crippen LogP contribution in [-0.2, 0) is 0 Å². The van der Waals surface area contributed by atoms with Crippen molar-refractivity contribution in [1.82, 2.24) is 15.4 Å². The summed E-state index contributed by atoms with van der Waals surface area (Å²) in [6, 6.07) is 11.9. The Morgan fingerprint density at radius 1 is 1.00 bits per heavy atom. The molecule has 0 spiro atoms. The minimum absolute atomic E-state index is 0.684. The molecule has 0 bridgehead atoms. The third-order valence-electron chi connectivity index (χ3n) is 2.88. The van der Waals surface area contributed by atoms with Gasteiger partial charge < -0.3 is 4.52 Å². The number of aromatic nitrogens is 3. The Kier molecular flexibility index (Phi) is 1.95. The molecule has 4 rings (SSSR count). The molecule has 0 N–H and O–H groups in total. The topological polar surface area (TPSA) is 51.8 Å². The van der Waals surface area contributed by atoms with Gasteiger partial charge in [-0.25, -0.2) is 4.98 Å². The highest BCUT2D eigenvalue weighted by atomic mass is 32.1. The molecule has 0 unspecified atom stereocenters. The Bertz CT molecular complexity index is 777. The van der Waals surface area contributed by atoms with Crippen LogP contribution in [0.3, 0.4) is 0 Å². The molecule has 5 heteroatoms. The summed E-state index contributed by atoms with van der Waals surface area (Å²) in [5.41, 5.74) is 7.33. The van der Waals surface area contributed by atoms with E-state index in [0.717, 1.165) is 26.9 Å². The van der Waals surface area contributed by atoms with Gasteiger partial charge in [-0.2, -0.15) is 0 Å². The van der Waals surface area contributed by atoms with E-state index in [-0.39, 0.29) is 0 Å². The number of hydrogen-bond acceptors (Lipinski definition) is 5. The summed E-state index contributed by atoms with van der Waals surface area (Å²) in [5, 5.41) is 7.64. The Hall–Kier alpha value is -2.27. The van der Waals surface area contributed by atoms with Gasteiger partial charge in [0, 0.05) is 16.4 Å². The summed E-state index contributed by atoms with van der Waals surface area (Å²) in [7, 11) is 0. The van der Waals surface area contributed by atoms with Crippen LogP contribution in [0.25, 0.3) is 32.4 Å². The van der Waals surface area contributed by atoms with Gasteiger partial charge in [0.15, 0.2) is 11.1 Å². The molecule has 4 nitrogen and oxygen atoms in total. The van der Waals surface area contributed by atoms with Crippen LogP contribution in [0.5, 0.6) is 0 Å². The molecular formula is C13H6N3OS. The molecule has 0 aliphatic carbocycles. The van der Waals surface area contributed by atoms with Gasteiger partial charge >= 0.3 is 0 Å². The maximum Gasteiger partial charge on any atom is 0.188 e. The number of nitrogens with zero attached hydrogens (tertiary/aromatic N) is 3. The lowest BCUT2D eigenvalue weighted by Gasteiger charge is -2.02. The maximum absolute atomic E-state index is 5.09. The SMILES string of the molecule is [c]1nc2c(-c3cccc4onnc34)cccc2s1. The van der Waals surface area contributed by atoms with E-state index in [0.29, 0.717) is 5.58 Å². The van der Waals surface area contributed by atoms with Crippen LogP contribution in [-0.4, -0.2) is 15.4 Å². The largest absolute Gasteiger partial charge is 0.337 e. The highest BCUT2D eigenvalue weighted by molar-refractivity contribution is 7.16. The quantitative estimate of drug-likeness (QED) is 0.521. The van der Waals surface area contributed by atoms with Crippen molar-refractivity contribution in [3.63, 3.8) is 0 Å². The molecule has 2 heterocycles. The van der Waals surface area contributed by atoms with E-state index in [2.05, 4.69) is 20.9 Å². The monoisotopic (exact) mass is 252 g/mol. The van der Waals surface area contributed by atoms with E-state index in [9.17, 15) is 0 Å². The molecule has 0 saturated heterocycles. The molecule has 1 radical (unpaired) electrons. The second-order valence-electron chi connectivity index (χ2n) is 3.88. The van der Waals surface area contributed by atoms with Crippen molar-refractivity contribution in [3.05, 3.63) is 41.9 Å². The molecule has 4 aromatic rings. The van der Waals surface area contributed by atoms with E-state index in [4.69, 9.17) is 4.52 Å². The van der Waals surface area contributed by atoms with Crippen molar-refractivity contribution in [2.75, 3.05) is 0 Å². The van der Waals surface area contributed by atoms with E-state index in [1.165, 1.54) is 11.3 Å². The summed E-state index contributed by atoms with van der Waals surface area (Å²) in [4.78, 5) is 4.30. The zero-order valence-electron chi connectivity index (χ0n) is 9.12. The van der Waals surface area contributed by atoms with Gasteiger partial charge in [0.25, 0.3) is 0 Å². The van der Waals surface area contributed by atoms with Crippen molar-refractivity contribution < 1.29 is 4.52 Å². The predicted molar refractivity (Wildman–Crippen MR) is 69.3 cm³/mol. The number of thiazole rings is 1. The Morgan fingerprint density at radius 2 is 1.83 bits per heavy atom. The number of para-hydroxylation sites is 1. The normalized spacial score (nSPS) is 11.3. The Labute approximate surface area is 106 Å². The minimum atomic E-state index is 0.684. The third-order valence-corrected chi connectivity index (χ3v) is 3.61. The van der Waals surface area contributed by atoms with Gasteiger partial charge in [0.05, 0.1) is 10.2 Å². The van der Waals surface area contributed by atoms with Crippen LogP contribution in [0.1, 0.15) is 0 Å². The predicted octanol–water partition coefficient (Wildman–Crippen LogP) is 3.30. The van der Waals surface area contributed by atoms with E-state index >= 15 is 0 Å². The molecule has 18 heavy (non-hydrogen) atoms. The molecule has 2 aromatic heterocycles. The van der Waals surface area contributed by atoms with Gasteiger partial charge in [0.1, 0.15) is 5.52 Å². The van der Waals surface area contributed by atoms with Gasteiger partial charge in [0.2, 0.25) is 0 Å². The fourth-order valence-electron chi connectivity index (χ4n) is 2.08. The molecule has 0 atom stereocenters. The first-order valence-electron chi connectivity index (χ1n) is 5.40. The average Bonchev–Trinajstić information content (AvgIpc) is 3.06. The summed E-state index contributed by atoms with van der Waals surface area (Å²) >= 11 is 1.51. The number of hydrogen-bond donors (Lipinski definition) is 0. The summed E-state index contributed by atoms with van der Waals surface area (Å²) in [6.07, 6.45) is 0. The maximum atomic E-state index is 5.09. The van der Waals surface area contributed by atoms with Gasteiger partial charge in [-0.3, -0.25) is 0 Å². The average molecular weight is 252 g/mol. The molecule has 85 valence electrons. The molecule has 0 saturated carbocycles. The smallest absolute Gasteiger partial charge is 0.188 e. The highest BCUT2D eigenvalue weighted by Gasteiger charge is 2.12. The van der Waals surface area contributed by atoms with E-state index in [1.807, 2.05) is 36.4 Å². The van der Waals surface area contributed by atoms with Crippen molar-refractivity contribution in [2.45, 2.75) is 0 Å². The fourth-order valence-corrected chi connectivity index (χ4v) is 2.71. The summed E-state index contributed by atoms with van der Waals surface area (Å²) < 4.78 is 6.20. The lowest BCUT2D eigenvalue weighted by Crippen LogP contribution is -1.82. The Balaban J connectivity index is 2.13. The molecule has 2 aromatic carbocycles. The standard InChI is InChI=1S/C13H6N3OS/c1-3-8(12-10(5-1)17-16-15-12)9-4-2-6-11-13(9)14-7-18-11/h1-6H. The molecule has 0 amide bonds. The van der Waals surface area contributed by atoms with Crippen LogP contribution in [0.15, 0.2) is 40.9 Å². The molecule has 0 fully saturated rings. The third kappa shape index (κ3) is 1.28. The van der Waals surface area contributed by atoms with Gasteiger partial charge in [-0.1, -0.05) is 24.3 Å². The lowest BCUT2D eigenvalue weighted by molar-refractivity contribution is 0.424. The van der Waals surface area contributed by atoms with E-state index < -0.39 is 0 Å². The van der Waals surface area contributed by atoms with Crippen molar-refractivity contribution >= 4 is 32.7 Å². The van der Waals surface area contributed by atoms with Crippen LogP contribution in [0.4, 0.5) is 0 Å². The van der Waals surface area contributed by atoms with Crippen molar-refractivity contribution in [3.8, 4) is 11.1 Å². The number of fused-ring (bicyclic) bond motifs is 2. The zero-order valence-corrected chi connectivity index (χ0v) is 9.94. The highest BCUT2D eigenvalue weighted by Crippen LogP contribution is 2.33. The van der Waals surface area contributed by atoms with Crippen LogP contribution >= 0.6 is 11.3 Å². The van der Waals surface area contributed by atoms with Crippen molar-refractivity contribution in [2.24, 2.45) is 0 Å². The lowest BCUT2D eigenvalue weighted by atomic mass is 10.0. The summed E-state index contributed by atoms with van der Waals surface area (Å²) in [6.45, 7) is 0. The summed E-state index contributed by atoms with van der Waals surface area (Å²) in [5.74, 6) is 0. The van der Waals surface area contributed by atoms with Gasteiger partial charge in [-0.05, 0) is 12.1 Å². The molecule has 0 aliphatic heterocycles. The van der Waals surface area contributed by atoms with Crippen molar-refractivity contribution in [1.29, 1.82) is 0 Å². The van der Waals surface area contributed by atoms with E-state index in [1.54, 1.807) is 0 Å². The van der Waals surface area contributed by atoms with Crippen LogP contribution in [0, 0.1) is 5.51 Å². The fraction of sp³-hybridized carbons (Fsp3) is 0. The van der Waals surface area contributed by atoms with Gasteiger partial charge in [-0.15, -0.1) is 16.4 Å². The Morgan fingerprint density at radius 3 is 2.78 bits per heavy atom. The van der Waals surface area contributed by atoms with Crippen LogP contribution in [0.2, 0.25) is 0 Å². The molecular weight excluding hydrogens is 246 g/mol. The second-order valence-corrected chi connectivity index (χ2v) is 4.71. The molecule has 0 aliphatic rings. The minimum Gasteiger partial charge on any atom is -0.337 e. The first-order chi connectivity index (χ1) is 8.93. The number of rotatable bonds is 1. The second kappa shape index (κ2) is 3.61. The first kappa shape index (κ1) is 9.73.